The predicted molar refractivity (Wildman–Crippen MR) is 74.0 cm³/mol. The number of carbonyl (C=O) groups excluding carboxylic acids is 1. The Morgan fingerprint density at radius 3 is 2.59 bits per heavy atom. The molecule has 1 amide bonds. The molecule has 0 radical (unpaired) electrons. The summed E-state index contributed by atoms with van der Waals surface area (Å²) in [5.41, 5.74) is 4.80. The van der Waals surface area contributed by atoms with Gasteiger partial charge < -0.3 is 16.0 Å². The number of nitrogens with one attached hydrogen (secondary N) is 2. The van der Waals surface area contributed by atoms with Crippen molar-refractivity contribution in [2.45, 2.75) is 18.4 Å². The third-order valence-electron chi connectivity index (χ3n) is 2.36. The van der Waals surface area contributed by atoms with Crippen molar-refractivity contribution in [2.75, 3.05) is 5.32 Å². The fourth-order valence-electron chi connectivity index (χ4n) is 1.16. The van der Waals surface area contributed by atoms with Crippen molar-refractivity contribution in [3.63, 3.8) is 0 Å². The zero-order chi connectivity index (χ0) is 11.1. The van der Waals surface area contributed by atoms with Crippen LogP contribution in [0.2, 0.25) is 0 Å². The first-order chi connectivity index (χ1) is 7.01. The Balaban J connectivity index is 0.00000128. The quantitative estimate of drug-likeness (QED) is 0.757. The van der Waals surface area contributed by atoms with Crippen LogP contribution in [0.3, 0.4) is 0 Å². The summed E-state index contributed by atoms with van der Waals surface area (Å²) >= 11 is 3.20. The topological polar surface area (TPSA) is 88.0 Å². The molecule has 5 nitrogen and oxygen atoms in total. The van der Waals surface area contributed by atoms with E-state index in [1.807, 2.05) is 0 Å². The lowest BCUT2D eigenvalue weighted by Gasteiger charge is -2.09. The molecule has 1 aliphatic rings. The van der Waals surface area contributed by atoms with E-state index in [0.29, 0.717) is 17.3 Å². The Morgan fingerprint density at radius 2 is 2.06 bits per heavy atom. The minimum absolute atomic E-state index is 0. The van der Waals surface area contributed by atoms with E-state index in [-0.39, 0.29) is 42.0 Å². The lowest BCUT2D eigenvalue weighted by atomic mass is 10.2. The SMILES string of the molecule is Cl.Cl.NC1(C(=O)Nc2cc(Br)c[nH]c2=O)CC1. The highest BCUT2D eigenvalue weighted by molar-refractivity contribution is 9.10. The van der Waals surface area contributed by atoms with Crippen molar-refractivity contribution < 1.29 is 4.79 Å². The molecule has 0 aliphatic heterocycles. The molecule has 0 atom stereocenters. The lowest BCUT2D eigenvalue weighted by molar-refractivity contribution is -0.118. The van der Waals surface area contributed by atoms with Crippen LogP contribution >= 0.6 is 40.7 Å². The average molecular weight is 345 g/mol. The average Bonchev–Trinajstić information content (AvgIpc) is 2.91. The molecular weight excluding hydrogens is 333 g/mol. The van der Waals surface area contributed by atoms with Gasteiger partial charge in [0.1, 0.15) is 5.69 Å². The molecular formula is C9H12BrCl2N3O2. The molecule has 1 heterocycles. The molecule has 2 rings (SSSR count). The van der Waals surface area contributed by atoms with Gasteiger partial charge in [-0.1, -0.05) is 0 Å². The number of hydrogen-bond donors (Lipinski definition) is 3. The van der Waals surface area contributed by atoms with E-state index in [1.54, 1.807) is 6.07 Å². The maximum absolute atomic E-state index is 11.6. The molecule has 17 heavy (non-hydrogen) atoms. The van der Waals surface area contributed by atoms with E-state index in [9.17, 15) is 9.59 Å². The molecule has 1 aromatic rings. The second kappa shape index (κ2) is 5.86. The van der Waals surface area contributed by atoms with E-state index in [4.69, 9.17) is 5.73 Å². The number of carbonyl (C=O) groups is 1. The smallest absolute Gasteiger partial charge is 0.271 e. The van der Waals surface area contributed by atoms with Gasteiger partial charge in [0.15, 0.2) is 0 Å². The van der Waals surface area contributed by atoms with Crippen molar-refractivity contribution in [1.29, 1.82) is 0 Å². The Hall–Kier alpha value is -0.560. The van der Waals surface area contributed by atoms with Gasteiger partial charge >= 0.3 is 0 Å². The van der Waals surface area contributed by atoms with Crippen molar-refractivity contribution in [1.82, 2.24) is 4.98 Å². The van der Waals surface area contributed by atoms with Crippen molar-refractivity contribution >= 4 is 52.3 Å². The summed E-state index contributed by atoms with van der Waals surface area (Å²) in [6, 6.07) is 1.54. The maximum Gasteiger partial charge on any atom is 0.271 e. The highest BCUT2D eigenvalue weighted by Crippen LogP contribution is 2.33. The molecule has 96 valence electrons. The lowest BCUT2D eigenvalue weighted by Crippen LogP contribution is -2.39. The number of amides is 1. The summed E-state index contributed by atoms with van der Waals surface area (Å²) in [6.45, 7) is 0. The maximum atomic E-state index is 11.6. The second-order valence-electron chi connectivity index (χ2n) is 3.67. The predicted octanol–water partition coefficient (Wildman–Crippen LogP) is 1.41. The van der Waals surface area contributed by atoms with Crippen molar-refractivity contribution in [2.24, 2.45) is 5.73 Å². The number of aromatic amines is 1. The highest BCUT2D eigenvalue weighted by atomic mass is 79.9. The minimum Gasteiger partial charge on any atom is -0.326 e. The molecule has 1 saturated carbocycles. The fourth-order valence-corrected chi connectivity index (χ4v) is 1.50. The standard InChI is InChI=1S/C9H10BrN3O2.2ClH/c10-5-3-6(7(14)12-4-5)13-8(15)9(11)1-2-9;;/h3-4H,1-2,11H2,(H,12,14)(H,13,15);2*1H. The Kier molecular flexibility index (Phi) is 5.67. The third-order valence-corrected chi connectivity index (χ3v) is 2.81. The first-order valence-corrected chi connectivity index (χ1v) is 5.29. The number of rotatable bonds is 2. The van der Waals surface area contributed by atoms with Crippen LogP contribution in [-0.2, 0) is 4.79 Å². The zero-order valence-corrected chi connectivity index (χ0v) is 11.9. The summed E-state index contributed by atoms with van der Waals surface area (Å²) in [5.74, 6) is -0.300. The van der Waals surface area contributed by atoms with Crippen LogP contribution in [0.15, 0.2) is 21.5 Å². The number of anilines is 1. The summed E-state index contributed by atoms with van der Waals surface area (Å²) in [5, 5.41) is 2.52. The van der Waals surface area contributed by atoms with Crippen LogP contribution in [0.25, 0.3) is 0 Å². The largest absolute Gasteiger partial charge is 0.326 e. The molecule has 0 unspecified atom stereocenters. The van der Waals surface area contributed by atoms with Gasteiger partial charge in [0.25, 0.3) is 5.56 Å². The fraction of sp³-hybridized carbons (Fsp3) is 0.333. The minimum atomic E-state index is -0.769. The van der Waals surface area contributed by atoms with Crippen LogP contribution < -0.4 is 16.6 Å². The normalized spacial score (nSPS) is 15.2. The number of H-pyrrole nitrogens is 1. The van der Waals surface area contributed by atoms with Gasteiger partial charge in [-0.25, -0.2) is 0 Å². The zero-order valence-electron chi connectivity index (χ0n) is 8.66. The first-order valence-electron chi connectivity index (χ1n) is 4.50. The summed E-state index contributed by atoms with van der Waals surface area (Å²) in [6.07, 6.45) is 2.85. The number of hydrogen-bond acceptors (Lipinski definition) is 3. The van der Waals surface area contributed by atoms with E-state index in [1.165, 1.54) is 6.20 Å². The van der Waals surface area contributed by atoms with Crippen molar-refractivity contribution in [3.8, 4) is 0 Å². The molecule has 0 saturated heterocycles. The van der Waals surface area contributed by atoms with Crippen LogP contribution in [0, 0.1) is 0 Å². The first kappa shape index (κ1) is 16.4. The van der Waals surface area contributed by atoms with E-state index in [2.05, 4.69) is 26.2 Å². The Morgan fingerprint density at radius 1 is 1.47 bits per heavy atom. The Bertz CT molecular complexity index is 474. The summed E-state index contributed by atoms with van der Waals surface area (Å²) in [4.78, 5) is 25.4. The molecule has 4 N–H and O–H groups in total. The molecule has 1 aromatic heterocycles. The second-order valence-corrected chi connectivity index (χ2v) is 4.59. The monoisotopic (exact) mass is 343 g/mol. The van der Waals surface area contributed by atoms with Crippen molar-refractivity contribution in [3.05, 3.63) is 27.1 Å². The molecule has 0 aromatic carbocycles. The Labute approximate surface area is 118 Å². The molecule has 1 aliphatic carbocycles. The van der Waals surface area contributed by atoms with E-state index < -0.39 is 5.54 Å². The van der Waals surface area contributed by atoms with E-state index >= 15 is 0 Å². The third kappa shape index (κ3) is 3.70. The molecule has 8 heteroatoms. The number of pyridine rings is 1. The van der Waals surface area contributed by atoms with Gasteiger partial charge in [-0.3, -0.25) is 9.59 Å². The number of nitrogens with two attached hydrogens (primary N) is 1. The molecule has 0 spiro atoms. The van der Waals surface area contributed by atoms with Gasteiger partial charge in [0.2, 0.25) is 5.91 Å². The van der Waals surface area contributed by atoms with Crippen LogP contribution in [0.5, 0.6) is 0 Å². The van der Waals surface area contributed by atoms with Gasteiger partial charge in [0.05, 0.1) is 5.54 Å². The highest BCUT2D eigenvalue weighted by Gasteiger charge is 2.46. The van der Waals surface area contributed by atoms with Gasteiger partial charge in [-0.2, -0.15) is 0 Å². The number of aromatic nitrogens is 1. The van der Waals surface area contributed by atoms with Crippen LogP contribution in [-0.4, -0.2) is 16.4 Å². The molecule has 0 bridgehead atoms. The van der Waals surface area contributed by atoms with Gasteiger partial charge in [-0.15, -0.1) is 24.8 Å². The number of halogens is 3. The van der Waals surface area contributed by atoms with Gasteiger partial charge in [0, 0.05) is 10.7 Å². The molecule has 1 fully saturated rings. The van der Waals surface area contributed by atoms with E-state index in [0.717, 1.165) is 0 Å². The van der Waals surface area contributed by atoms with Crippen LogP contribution in [0.1, 0.15) is 12.8 Å². The summed E-state index contributed by atoms with van der Waals surface area (Å²) < 4.78 is 0.694. The summed E-state index contributed by atoms with van der Waals surface area (Å²) in [7, 11) is 0. The van der Waals surface area contributed by atoms with Gasteiger partial charge in [-0.05, 0) is 34.8 Å². The van der Waals surface area contributed by atoms with Crippen LogP contribution in [0.4, 0.5) is 5.69 Å².